The second kappa shape index (κ2) is 2.29. The van der Waals surface area contributed by atoms with E-state index >= 15 is 0 Å². The molecule has 0 radical (unpaired) electrons. The highest BCUT2D eigenvalue weighted by molar-refractivity contribution is 5.75. The topological polar surface area (TPSA) is 53.1 Å². The summed E-state index contributed by atoms with van der Waals surface area (Å²) in [5.74, 6) is 1.71. The molecule has 0 fully saturated rings. The van der Waals surface area contributed by atoms with Crippen LogP contribution in [0.5, 0.6) is 11.5 Å². The third-order valence-corrected chi connectivity index (χ3v) is 2.44. The molecule has 0 bridgehead atoms. The molecule has 0 saturated heterocycles. The Morgan fingerprint density at radius 3 is 3.14 bits per heavy atom. The van der Waals surface area contributed by atoms with E-state index in [-0.39, 0.29) is 0 Å². The van der Waals surface area contributed by atoms with E-state index in [1.807, 2.05) is 12.1 Å². The zero-order valence-corrected chi connectivity index (χ0v) is 7.23. The normalized spacial score (nSPS) is 15.6. The molecule has 1 amide bonds. The standard InChI is InChI=1S/C10H7NO3/c12-10(13)11-4-3-6-1-2-8-9(14-8)7(6)5-11/h1-4H,5H2,(H,12,13). The molecule has 0 aromatic heterocycles. The van der Waals surface area contributed by atoms with E-state index < -0.39 is 6.09 Å². The van der Waals surface area contributed by atoms with Gasteiger partial charge in [-0.1, -0.05) is 6.07 Å². The van der Waals surface area contributed by atoms with Crippen LogP contribution in [0.2, 0.25) is 0 Å². The van der Waals surface area contributed by atoms with E-state index in [1.54, 1.807) is 12.3 Å². The first kappa shape index (κ1) is 7.44. The van der Waals surface area contributed by atoms with Gasteiger partial charge in [0.1, 0.15) is 0 Å². The number of rotatable bonds is 0. The fraction of sp³-hybridized carbons (Fsp3) is 0.100. The average molecular weight is 189 g/mol. The minimum atomic E-state index is -0.940. The zero-order chi connectivity index (χ0) is 9.71. The van der Waals surface area contributed by atoms with Crippen molar-refractivity contribution in [2.75, 3.05) is 0 Å². The van der Waals surface area contributed by atoms with Crippen molar-refractivity contribution in [1.82, 2.24) is 4.90 Å². The van der Waals surface area contributed by atoms with Gasteiger partial charge in [-0.3, -0.25) is 4.90 Å². The van der Waals surface area contributed by atoms with Crippen LogP contribution in [0.15, 0.2) is 18.3 Å². The van der Waals surface area contributed by atoms with Gasteiger partial charge < -0.3 is 9.84 Å². The maximum atomic E-state index is 10.7. The van der Waals surface area contributed by atoms with Gasteiger partial charge in [-0.15, -0.1) is 0 Å². The van der Waals surface area contributed by atoms with E-state index in [1.165, 1.54) is 4.90 Å². The Hall–Kier alpha value is -1.97. The molecule has 1 N–H and O–H groups in total. The number of fused-ring (bicyclic) bond motifs is 3. The lowest BCUT2D eigenvalue weighted by molar-refractivity contribution is 0.161. The van der Waals surface area contributed by atoms with Crippen molar-refractivity contribution in [3.05, 3.63) is 29.5 Å². The van der Waals surface area contributed by atoms with Crippen molar-refractivity contribution in [1.29, 1.82) is 0 Å². The Morgan fingerprint density at radius 2 is 2.36 bits per heavy atom. The highest BCUT2D eigenvalue weighted by Crippen LogP contribution is 2.50. The number of nitrogens with zero attached hydrogens (tertiary/aromatic N) is 1. The Labute approximate surface area is 80.0 Å². The molecule has 14 heavy (non-hydrogen) atoms. The highest BCUT2D eigenvalue weighted by atomic mass is 16.6. The molecule has 0 aliphatic carbocycles. The van der Waals surface area contributed by atoms with Crippen LogP contribution >= 0.6 is 0 Å². The largest absolute Gasteiger partial charge is 0.465 e. The molecule has 2 aliphatic rings. The van der Waals surface area contributed by atoms with Crippen LogP contribution in [0, 0.1) is 0 Å². The summed E-state index contributed by atoms with van der Waals surface area (Å²) in [5, 5.41) is 8.81. The second-order valence-electron chi connectivity index (χ2n) is 3.29. The smallest absolute Gasteiger partial charge is 0.411 e. The van der Waals surface area contributed by atoms with Crippen LogP contribution in [0.4, 0.5) is 4.79 Å². The Morgan fingerprint density at radius 1 is 1.50 bits per heavy atom. The zero-order valence-electron chi connectivity index (χ0n) is 7.23. The van der Waals surface area contributed by atoms with Crippen molar-refractivity contribution in [3.63, 3.8) is 0 Å². The molecule has 2 heterocycles. The fourth-order valence-electron chi connectivity index (χ4n) is 1.65. The van der Waals surface area contributed by atoms with Gasteiger partial charge in [0.2, 0.25) is 0 Å². The molecule has 3 rings (SSSR count). The summed E-state index contributed by atoms with van der Waals surface area (Å²) in [5.41, 5.74) is 2.01. The van der Waals surface area contributed by atoms with Crippen LogP contribution in [-0.2, 0) is 6.54 Å². The van der Waals surface area contributed by atoms with Crippen LogP contribution < -0.4 is 4.74 Å². The third kappa shape index (κ3) is 0.907. The molecule has 0 spiro atoms. The van der Waals surface area contributed by atoms with E-state index in [2.05, 4.69) is 0 Å². The van der Waals surface area contributed by atoms with Gasteiger partial charge in [0.05, 0.1) is 6.54 Å². The monoisotopic (exact) mass is 189 g/mol. The van der Waals surface area contributed by atoms with Crippen LogP contribution in [0.1, 0.15) is 11.1 Å². The molecule has 0 saturated carbocycles. The van der Waals surface area contributed by atoms with Crippen LogP contribution in [0.3, 0.4) is 0 Å². The summed E-state index contributed by atoms with van der Waals surface area (Å²) in [6, 6.07) is 3.84. The van der Waals surface area contributed by atoms with E-state index in [4.69, 9.17) is 9.84 Å². The van der Waals surface area contributed by atoms with Crippen LogP contribution in [-0.4, -0.2) is 16.1 Å². The number of benzene rings is 1. The van der Waals surface area contributed by atoms with Gasteiger partial charge in [-0.25, -0.2) is 4.79 Å². The molecule has 4 heteroatoms. The van der Waals surface area contributed by atoms with Crippen molar-refractivity contribution in [3.8, 4) is 11.5 Å². The Bertz CT molecular complexity index is 465. The summed E-state index contributed by atoms with van der Waals surface area (Å²) in [6.07, 6.45) is 2.42. The van der Waals surface area contributed by atoms with Gasteiger partial charge in [0.15, 0.2) is 11.5 Å². The fourth-order valence-corrected chi connectivity index (χ4v) is 1.65. The van der Waals surface area contributed by atoms with Crippen molar-refractivity contribution >= 4 is 12.2 Å². The number of hydrogen-bond acceptors (Lipinski definition) is 2. The predicted molar refractivity (Wildman–Crippen MR) is 49.1 cm³/mol. The summed E-state index contributed by atoms with van der Waals surface area (Å²) in [7, 11) is 0. The number of ether oxygens (including phenoxy) is 1. The van der Waals surface area contributed by atoms with Crippen molar-refractivity contribution in [2.24, 2.45) is 0 Å². The summed E-state index contributed by atoms with van der Waals surface area (Å²) in [6.45, 7) is 0.379. The van der Waals surface area contributed by atoms with Gasteiger partial charge in [-0.2, -0.15) is 0 Å². The van der Waals surface area contributed by atoms with Crippen LogP contribution in [0.25, 0.3) is 6.08 Å². The molecule has 1 aromatic carbocycles. The maximum absolute atomic E-state index is 10.7. The maximum Gasteiger partial charge on any atom is 0.411 e. The van der Waals surface area contributed by atoms with Gasteiger partial charge >= 0.3 is 6.09 Å². The van der Waals surface area contributed by atoms with Crippen molar-refractivity contribution in [2.45, 2.75) is 6.54 Å². The molecule has 0 atom stereocenters. The quantitative estimate of drug-likeness (QED) is 0.646. The van der Waals surface area contributed by atoms with E-state index in [9.17, 15) is 4.79 Å². The Balaban J connectivity index is 2.05. The minimum Gasteiger partial charge on any atom is -0.465 e. The second-order valence-corrected chi connectivity index (χ2v) is 3.29. The average Bonchev–Trinajstić information content (AvgIpc) is 2.95. The predicted octanol–water partition coefficient (Wildman–Crippen LogP) is 2.26. The first-order valence-corrected chi connectivity index (χ1v) is 4.27. The van der Waals surface area contributed by atoms with Gasteiger partial charge in [-0.05, 0) is 17.7 Å². The number of hydrogen-bond donors (Lipinski definition) is 1. The molecule has 2 aliphatic heterocycles. The lowest BCUT2D eigenvalue weighted by atomic mass is 10.0. The molecule has 4 nitrogen and oxygen atoms in total. The van der Waals surface area contributed by atoms with Gasteiger partial charge in [0, 0.05) is 11.8 Å². The molecule has 0 unspecified atom stereocenters. The molecular weight excluding hydrogens is 182 g/mol. The van der Waals surface area contributed by atoms with Crippen molar-refractivity contribution < 1.29 is 14.6 Å². The Kier molecular flexibility index (Phi) is 1.21. The first-order valence-electron chi connectivity index (χ1n) is 4.27. The number of carbonyl (C=O) groups is 1. The third-order valence-electron chi connectivity index (χ3n) is 2.44. The lowest BCUT2D eigenvalue weighted by Gasteiger charge is -2.19. The number of carboxylic acid groups (broad SMARTS) is 1. The minimum absolute atomic E-state index is 0.379. The molecule has 70 valence electrons. The summed E-state index contributed by atoms with van der Waals surface area (Å²) >= 11 is 0. The van der Waals surface area contributed by atoms with E-state index in [0.29, 0.717) is 6.54 Å². The van der Waals surface area contributed by atoms with E-state index in [0.717, 1.165) is 22.6 Å². The molecular formula is C10H7NO3. The summed E-state index contributed by atoms with van der Waals surface area (Å²) in [4.78, 5) is 12.0. The SMILES string of the molecule is O=C(O)N1C=Cc2ccc3c(c2C1)O3. The lowest BCUT2D eigenvalue weighted by Crippen LogP contribution is -2.25. The van der Waals surface area contributed by atoms with Gasteiger partial charge in [0.25, 0.3) is 0 Å². The number of amides is 1. The first-order chi connectivity index (χ1) is 6.75. The molecule has 1 aromatic rings. The summed E-state index contributed by atoms with van der Waals surface area (Å²) < 4.78 is 5.21. The highest BCUT2D eigenvalue weighted by Gasteiger charge is 2.29.